The van der Waals surface area contributed by atoms with Crippen molar-refractivity contribution in [2.75, 3.05) is 10.6 Å². The number of hydrogen-bond acceptors (Lipinski definition) is 2. The minimum absolute atomic E-state index is 0.0717. The summed E-state index contributed by atoms with van der Waals surface area (Å²) in [6.45, 7) is 1.46. The average Bonchev–Trinajstić information content (AvgIpc) is 2.56. The van der Waals surface area contributed by atoms with Crippen molar-refractivity contribution >= 4 is 34.0 Å². The molecule has 0 fully saturated rings. The minimum atomic E-state index is -0.114. The van der Waals surface area contributed by atoms with E-state index in [9.17, 15) is 9.59 Å². The van der Waals surface area contributed by atoms with E-state index in [1.165, 1.54) is 6.92 Å². The second kappa shape index (κ2) is 6.96. The van der Waals surface area contributed by atoms with Crippen LogP contribution < -0.4 is 10.6 Å². The third-order valence-electron chi connectivity index (χ3n) is 3.67. The summed E-state index contributed by atoms with van der Waals surface area (Å²) in [6, 6.07) is 21.1. The Kier molecular flexibility index (Phi) is 4.57. The van der Waals surface area contributed by atoms with Gasteiger partial charge in [0, 0.05) is 18.3 Å². The average molecular weight is 318 g/mol. The van der Waals surface area contributed by atoms with E-state index in [-0.39, 0.29) is 18.2 Å². The third-order valence-corrected chi connectivity index (χ3v) is 3.67. The molecular weight excluding hydrogens is 300 g/mol. The van der Waals surface area contributed by atoms with E-state index in [1.54, 1.807) is 12.1 Å². The second-order valence-corrected chi connectivity index (χ2v) is 5.66. The van der Waals surface area contributed by atoms with Gasteiger partial charge in [-0.05, 0) is 40.6 Å². The van der Waals surface area contributed by atoms with Gasteiger partial charge >= 0.3 is 0 Å². The van der Waals surface area contributed by atoms with Crippen LogP contribution in [0.15, 0.2) is 66.7 Å². The molecule has 3 aromatic rings. The first-order valence-electron chi connectivity index (χ1n) is 7.75. The second-order valence-electron chi connectivity index (χ2n) is 5.66. The summed E-state index contributed by atoms with van der Waals surface area (Å²) in [5.74, 6) is -0.186. The number of nitrogens with one attached hydrogen (secondary N) is 2. The van der Waals surface area contributed by atoms with Gasteiger partial charge in [0.05, 0.1) is 6.42 Å². The van der Waals surface area contributed by atoms with Crippen LogP contribution in [0, 0.1) is 0 Å². The topological polar surface area (TPSA) is 58.2 Å². The molecule has 0 heterocycles. The number of anilines is 2. The van der Waals surface area contributed by atoms with Crippen molar-refractivity contribution in [3.05, 3.63) is 72.3 Å². The molecule has 0 atom stereocenters. The predicted octanol–water partition coefficient (Wildman–Crippen LogP) is 3.98. The fourth-order valence-electron chi connectivity index (χ4n) is 2.57. The van der Waals surface area contributed by atoms with Crippen molar-refractivity contribution in [3.63, 3.8) is 0 Å². The molecule has 4 heteroatoms. The first-order valence-corrected chi connectivity index (χ1v) is 7.75. The van der Waals surface area contributed by atoms with E-state index in [0.29, 0.717) is 0 Å². The van der Waals surface area contributed by atoms with Crippen LogP contribution in [0.1, 0.15) is 12.5 Å². The van der Waals surface area contributed by atoms with Gasteiger partial charge in [-0.2, -0.15) is 0 Å². The zero-order chi connectivity index (χ0) is 16.9. The molecule has 2 N–H and O–H groups in total. The maximum atomic E-state index is 12.2. The van der Waals surface area contributed by atoms with Crippen LogP contribution in [0.5, 0.6) is 0 Å². The lowest BCUT2D eigenvalue weighted by Gasteiger charge is -2.08. The lowest BCUT2D eigenvalue weighted by atomic mass is 10.1. The standard InChI is InChI=1S/C20H18N2O2/c1-14(23)21-18-9-6-15(7-10-18)12-20(24)22-19-11-8-16-4-2-3-5-17(16)13-19/h2-11,13H,12H2,1H3,(H,21,23)(H,22,24). The zero-order valence-electron chi connectivity index (χ0n) is 13.4. The monoisotopic (exact) mass is 318 g/mol. The fourth-order valence-corrected chi connectivity index (χ4v) is 2.57. The highest BCUT2D eigenvalue weighted by atomic mass is 16.2. The van der Waals surface area contributed by atoms with Crippen molar-refractivity contribution in [2.45, 2.75) is 13.3 Å². The van der Waals surface area contributed by atoms with Crippen molar-refractivity contribution in [1.82, 2.24) is 0 Å². The molecule has 120 valence electrons. The molecule has 0 saturated carbocycles. The molecule has 0 aliphatic carbocycles. The number of amides is 2. The van der Waals surface area contributed by atoms with Gasteiger partial charge in [0.1, 0.15) is 0 Å². The Bertz CT molecular complexity index is 886. The van der Waals surface area contributed by atoms with Gasteiger partial charge in [0.15, 0.2) is 0 Å². The molecule has 0 aliphatic rings. The van der Waals surface area contributed by atoms with Crippen LogP contribution in [-0.2, 0) is 16.0 Å². The van der Waals surface area contributed by atoms with Gasteiger partial charge in [-0.1, -0.05) is 42.5 Å². The predicted molar refractivity (Wildman–Crippen MR) is 97.0 cm³/mol. The first-order chi connectivity index (χ1) is 11.6. The van der Waals surface area contributed by atoms with E-state index in [2.05, 4.69) is 10.6 Å². The number of rotatable bonds is 4. The molecule has 24 heavy (non-hydrogen) atoms. The fraction of sp³-hybridized carbons (Fsp3) is 0.100. The SMILES string of the molecule is CC(=O)Nc1ccc(CC(=O)Nc2ccc3ccccc3c2)cc1. The molecule has 3 aromatic carbocycles. The molecule has 4 nitrogen and oxygen atoms in total. The lowest BCUT2D eigenvalue weighted by molar-refractivity contribution is -0.116. The highest BCUT2D eigenvalue weighted by Crippen LogP contribution is 2.19. The Balaban J connectivity index is 1.64. The highest BCUT2D eigenvalue weighted by molar-refractivity contribution is 5.95. The van der Waals surface area contributed by atoms with Gasteiger partial charge < -0.3 is 10.6 Å². The van der Waals surface area contributed by atoms with Crippen LogP contribution in [0.2, 0.25) is 0 Å². The molecule has 2 amide bonds. The molecular formula is C20H18N2O2. The van der Waals surface area contributed by atoms with Crippen molar-refractivity contribution in [2.24, 2.45) is 0 Å². The van der Waals surface area contributed by atoms with Crippen LogP contribution >= 0.6 is 0 Å². The minimum Gasteiger partial charge on any atom is -0.326 e. The van der Waals surface area contributed by atoms with Crippen LogP contribution in [0.25, 0.3) is 10.8 Å². The van der Waals surface area contributed by atoms with Crippen molar-refractivity contribution < 1.29 is 9.59 Å². The third kappa shape index (κ3) is 3.98. The molecule has 0 aromatic heterocycles. The Morgan fingerprint density at radius 1 is 0.792 bits per heavy atom. The van der Waals surface area contributed by atoms with Crippen LogP contribution in [0.4, 0.5) is 11.4 Å². The van der Waals surface area contributed by atoms with Gasteiger partial charge in [-0.3, -0.25) is 9.59 Å². The van der Waals surface area contributed by atoms with E-state index >= 15 is 0 Å². The number of fused-ring (bicyclic) bond motifs is 1. The number of hydrogen-bond donors (Lipinski definition) is 2. The summed E-state index contributed by atoms with van der Waals surface area (Å²) in [4.78, 5) is 23.2. The van der Waals surface area contributed by atoms with Crippen molar-refractivity contribution in [1.29, 1.82) is 0 Å². The van der Waals surface area contributed by atoms with Gasteiger partial charge in [0.25, 0.3) is 0 Å². The van der Waals surface area contributed by atoms with Gasteiger partial charge in [0.2, 0.25) is 11.8 Å². The van der Waals surface area contributed by atoms with E-state index in [4.69, 9.17) is 0 Å². The highest BCUT2D eigenvalue weighted by Gasteiger charge is 2.05. The summed E-state index contributed by atoms with van der Waals surface area (Å²) in [5.41, 5.74) is 2.40. The van der Waals surface area contributed by atoms with Crippen molar-refractivity contribution in [3.8, 4) is 0 Å². The largest absolute Gasteiger partial charge is 0.326 e. The zero-order valence-corrected chi connectivity index (χ0v) is 13.4. The Morgan fingerprint density at radius 2 is 1.46 bits per heavy atom. The smallest absolute Gasteiger partial charge is 0.228 e. The quantitative estimate of drug-likeness (QED) is 0.764. The van der Waals surface area contributed by atoms with Gasteiger partial charge in [-0.15, -0.1) is 0 Å². The normalized spacial score (nSPS) is 10.4. The maximum absolute atomic E-state index is 12.2. The van der Waals surface area contributed by atoms with Crippen LogP contribution in [-0.4, -0.2) is 11.8 Å². The molecule has 0 saturated heterocycles. The van der Waals surface area contributed by atoms with E-state index < -0.39 is 0 Å². The van der Waals surface area contributed by atoms with E-state index in [0.717, 1.165) is 27.7 Å². The molecule has 0 unspecified atom stereocenters. The van der Waals surface area contributed by atoms with Crippen LogP contribution in [0.3, 0.4) is 0 Å². The summed E-state index contributed by atoms with van der Waals surface area (Å²) in [7, 11) is 0. The lowest BCUT2D eigenvalue weighted by Crippen LogP contribution is -2.14. The Hall–Kier alpha value is -3.14. The molecule has 0 spiro atoms. The maximum Gasteiger partial charge on any atom is 0.228 e. The first kappa shape index (κ1) is 15.7. The summed E-state index contributed by atoms with van der Waals surface area (Å²) in [5, 5.41) is 7.86. The van der Waals surface area contributed by atoms with E-state index in [1.807, 2.05) is 54.6 Å². The Labute approximate surface area is 140 Å². The molecule has 3 rings (SSSR count). The molecule has 0 aliphatic heterocycles. The van der Waals surface area contributed by atoms with Gasteiger partial charge in [-0.25, -0.2) is 0 Å². The number of carbonyl (C=O) groups is 2. The number of carbonyl (C=O) groups excluding carboxylic acids is 2. The summed E-state index contributed by atoms with van der Waals surface area (Å²) in [6.07, 6.45) is 0.285. The summed E-state index contributed by atoms with van der Waals surface area (Å²) >= 11 is 0. The summed E-state index contributed by atoms with van der Waals surface area (Å²) < 4.78 is 0. The molecule has 0 radical (unpaired) electrons. The molecule has 0 bridgehead atoms. The number of benzene rings is 3. The Morgan fingerprint density at radius 3 is 2.17 bits per heavy atom.